The number of hydrogen-bond donors (Lipinski definition) is 0. The van der Waals surface area contributed by atoms with Crippen molar-refractivity contribution < 1.29 is 4.74 Å². The first-order valence-electron chi connectivity index (χ1n) is 6.85. The van der Waals surface area contributed by atoms with Gasteiger partial charge in [0, 0.05) is 17.5 Å². The van der Waals surface area contributed by atoms with E-state index in [-0.39, 0.29) is 0 Å². The number of rotatable bonds is 3. The van der Waals surface area contributed by atoms with Crippen LogP contribution in [0.15, 0.2) is 34.9 Å². The van der Waals surface area contributed by atoms with Crippen molar-refractivity contribution in [2.45, 2.75) is 20.8 Å². The van der Waals surface area contributed by atoms with E-state index in [2.05, 4.69) is 25.9 Å². The van der Waals surface area contributed by atoms with Crippen LogP contribution in [0.25, 0.3) is 17.0 Å². The predicted octanol–water partition coefficient (Wildman–Crippen LogP) is 4.17. The van der Waals surface area contributed by atoms with Crippen molar-refractivity contribution in [2.75, 3.05) is 6.61 Å². The minimum absolute atomic E-state index is 0.631. The van der Waals surface area contributed by atoms with Crippen LogP contribution in [-0.2, 0) is 0 Å². The van der Waals surface area contributed by atoms with Gasteiger partial charge in [0.05, 0.1) is 22.5 Å². The molecule has 0 aliphatic heterocycles. The minimum atomic E-state index is 0.631. The smallest absolute Gasteiger partial charge is 0.234 e. The SMILES string of the molecule is CCOc1ccccc1-c1cn2c(C)c(Br)c(C)nc2n1. The van der Waals surface area contributed by atoms with E-state index in [0.717, 1.165) is 32.9 Å². The van der Waals surface area contributed by atoms with Gasteiger partial charge in [-0.3, -0.25) is 4.40 Å². The molecule has 0 radical (unpaired) electrons. The Labute approximate surface area is 131 Å². The largest absolute Gasteiger partial charge is 0.493 e. The van der Waals surface area contributed by atoms with Crippen LogP contribution in [0.3, 0.4) is 0 Å². The fourth-order valence-electron chi connectivity index (χ4n) is 2.35. The van der Waals surface area contributed by atoms with Crippen LogP contribution in [-0.4, -0.2) is 21.0 Å². The zero-order chi connectivity index (χ0) is 15.0. The Balaban J connectivity index is 2.21. The predicted molar refractivity (Wildman–Crippen MR) is 86.8 cm³/mol. The zero-order valence-electron chi connectivity index (χ0n) is 12.2. The summed E-state index contributed by atoms with van der Waals surface area (Å²) in [5, 5.41) is 0. The van der Waals surface area contributed by atoms with Gasteiger partial charge >= 0.3 is 0 Å². The number of imidazole rings is 1. The van der Waals surface area contributed by atoms with Gasteiger partial charge in [-0.15, -0.1) is 0 Å². The number of aromatic nitrogens is 3. The molecule has 0 aliphatic carbocycles. The highest BCUT2D eigenvalue weighted by atomic mass is 79.9. The summed E-state index contributed by atoms with van der Waals surface area (Å²) in [7, 11) is 0. The lowest BCUT2D eigenvalue weighted by Gasteiger charge is -2.07. The van der Waals surface area contributed by atoms with Crippen molar-refractivity contribution in [1.82, 2.24) is 14.4 Å². The van der Waals surface area contributed by atoms with Gasteiger partial charge in [0.25, 0.3) is 0 Å². The number of halogens is 1. The van der Waals surface area contributed by atoms with E-state index in [1.807, 2.05) is 55.6 Å². The number of para-hydroxylation sites is 1. The average molecular weight is 346 g/mol. The lowest BCUT2D eigenvalue weighted by Crippen LogP contribution is -1.97. The highest BCUT2D eigenvalue weighted by molar-refractivity contribution is 9.10. The third-order valence-corrected chi connectivity index (χ3v) is 4.56. The molecule has 3 rings (SSSR count). The number of ether oxygens (including phenoxy) is 1. The highest BCUT2D eigenvalue weighted by Gasteiger charge is 2.13. The molecule has 0 fully saturated rings. The number of benzene rings is 1. The van der Waals surface area contributed by atoms with Gasteiger partial charge in [0.2, 0.25) is 5.78 Å². The van der Waals surface area contributed by atoms with Crippen LogP contribution in [0.2, 0.25) is 0 Å². The Kier molecular flexibility index (Phi) is 3.68. The van der Waals surface area contributed by atoms with Gasteiger partial charge in [-0.05, 0) is 48.8 Å². The Morgan fingerprint density at radius 1 is 1.19 bits per heavy atom. The van der Waals surface area contributed by atoms with Gasteiger partial charge in [0.15, 0.2) is 0 Å². The van der Waals surface area contributed by atoms with Gasteiger partial charge in [0.1, 0.15) is 5.75 Å². The molecule has 0 N–H and O–H groups in total. The first-order chi connectivity index (χ1) is 10.1. The molecular weight excluding hydrogens is 330 g/mol. The number of aryl methyl sites for hydroxylation is 2. The van der Waals surface area contributed by atoms with Gasteiger partial charge in [-0.1, -0.05) is 12.1 Å². The van der Waals surface area contributed by atoms with E-state index in [1.165, 1.54) is 0 Å². The maximum atomic E-state index is 5.69. The fraction of sp³-hybridized carbons (Fsp3) is 0.250. The maximum Gasteiger partial charge on any atom is 0.234 e. The Morgan fingerprint density at radius 2 is 1.95 bits per heavy atom. The summed E-state index contributed by atoms with van der Waals surface area (Å²) in [5.41, 5.74) is 3.88. The lowest BCUT2D eigenvalue weighted by molar-refractivity contribution is 0.341. The molecule has 2 aromatic heterocycles. The molecule has 3 aromatic rings. The second-order valence-corrected chi connectivity index (χ2v) is 5.61. The first kappa shape index (κ1) is 14.1. The number of hydrogen-bond acceptors (Lipinski definition) is 3. The minimum Gasteiger partial charge on any atom is -0.493 e. The molecule has 108 valence electrons. The first-order valence-corrected chi connectivity index (χ1v) is 7.65. The van der Waals surface area contributed by atoms with Crippen LogP contribution in [0, 0.1) is 13.8 Å². The molecule has 4 nitrogen and oxygen atoms in total. The average Bonchev–Trinajstić information content (AvgIpc) is 2.90. The maximum absolute atomic E-state index is 5.69. The molecule has 0 amide bonds. The van der Waals surface area contributed by atoms with Crippen molar-refractivity contribution in [3.63, 3.8) is 0 Å². The van der Waals surface area contributed by atoms with E-state index >= 15 is 0 Å². The molecule has 0 saturated carbocycles. The Bertz CT molecular complexity index is 811. The van der Waals surface area contributed by atoms with Crippen molar-refractivity contribution in [2.24, 2.45) is 0 Å². The van der Waals surface area contributed by atoms with Gasteiger partial charge in [-0.2, -0.15) is 0 Å². The second kappa shape index (κ2) is 5.48. The third-order valence-electron chi connectivity index (χ3n) is 3.41. The van der Waals surface area contributed by atoms with Crippen molar-refractivity contribution >= 4 is 21.7 Å². The van der Waals surface area contributed by atoms with E-state index in [4.69, 9.17) is 4.74 Å². The summed E-state index contributed by atoms with van der Waals surface area (Å²) in [5.74, 6) is 1.55. The normalized spacial score (nSPS) is 11.0. The van der Waals surface area contributed by atoms with Crippen LogP contribution >= 0.6 is 15.9 Å². The van der Waals surface area contributed by atoms with Crippen molar-refractivity contribution in [3.8, 4) is 17.0 Å². The van der Waals surface area contributed by atoms with Crippen LogP contribution in [0.4, 0.5) is 0 Å². The summed E-state index contributed by atoms with van der Waals surface area (Å²) >= 11 is 3.57. The summed E-state index contributed by atoms with van der Waals surface area (Å²) < 4.78 is 8.69. The molecule has 2 heterocycles. The second-order valence-electron chi connectivity index (χ2n) is 4.82. The highest BCUT2D eigenvalue weighted by Crippen LogP contribution is 2.30. The standard InChI is InChI=1S/C16H16BrN3O/c1-4-21-14-8-6-5-7-12(14)13-9-20-11(3)15(17)10(2)18-16(20)19-13/h5-9H,4H2,1-3H3. The summed E-state index contributed by atoms with van der Waals surface area (Å²) in [6, 6.07) is 7.94. The number of fused-ring (bicyclic) bond motifs is 1. The fourth-order valence-corrected chi connectivity index (χ4v) is 2.63. The van der Waals surface area contributed by atoms with Crippen molar-refractivity contribution in [3.05, 3.63) is 46.3 Å². The molecule has 1 aromatic carbocycles. The lowest BCUT2D eigenvalue weighted by atomic mass is 10.1. The summed E-state index contributed by atoms with van der Waals surface area (Å²) in [4.78, 5) is 9.16. The quantitative estimate of drug-likeness (QED) is 0.714. The van der Waals surface area contributed by atoms with Crippen LogP contribution < -0.4 is 4.74 Å². The van der Waals surface area contributed by atoms with Gasteiger partial charge < -0.3 is 4.74 Å². The topological polar surface area (TPSA) is 39.4 Å². The molecule has 21 heavy (non-hydrogen) atoms. The molecule has 0 saturated heterocycles. The third kappa shape index (κ3) is 2.42. The molecule has 0 spiro atoms. The van der Waals surface area contributed by atoms with Gasteiger partial charge in [-0.25, -0.2) is 9.97 Å². The summed E-state index contributed by atoms with van der Waals surface area (Å²) in [6.07, 6.45) is 2.00. The van der Waals surface area contributed by atoms with E-state index in [1.54, 1.807) is 0 Å². The molecule has 5 heteroatoms. The van der Waals surface area contributed by atoms with E-state index in [9.17, 15) is 0 Å². The van der Waals surface area contributed by atoms with Crippen LogP contribution in [0.5, 0.6) is 5.75 Å². The van der Waals surface area contributed by atoms with E-state index < -0.39 is 0 Å². The molecule has 0 bridgehead atoms. The molecule has 0 unspecified atom stereocenters. The molecular formula is C16H16BrN3O. The van der Waals surface area contributed by atoms with Crippen molar-refractivity contribution in [1.29, 1.82) is 0 Å². The molecule has 0 aliphatic rings. The molecule has 0 atom stereocenters. The Hall–Kier alpha value is -1.88. The monoisotopic (exact) mass is 345 g/mol. The van der Waals surface area contributed by atoms with E-state index in [0.29, 0.717) is 12.4 Å². The van der Waals surface area contributed by atoms with Crippen LogP contribution in [0.1, 0.15) is 18.3 Å². The summed E-state index contributed by atoms with van der Waals surface area (Å²) in [6.45, 7) is 6.63. The Morgan fingerprint density at radius 3 is 2.71 bits per heavy atom. The number of nitrogens with zero attached hydrogens (tertiary/aromatic N) is 3. The zero-order valence-corrected chi connectivity index (χ0v) is 13.8.